The third-order valence-corrected chi connectivity index (χ3v) is 3.38. The highest BCUT2D eigenvalue weighted by molar-refractivity contribution is 5.86. The third kappa shape index (κ3) is 5.33. The van der Waals surface area contributed by atoms with E-state index < -0.39 is 5.54 Å². The first-order chi connectivity index (χ1) is 8.69. The summed E-state index contributed by atoms with van der Waals surface area (Å²) in [5.74, 6) is -0.000841. The molecular weight excluding hydrogens is 232 g/mol. The topological polar surface area (TPSA) is 73.6 Å². The average Bonchev–Trinajstić information content (AvgIpc) is 2.38. The van der Waals surface area contributed by atoms with Crippen LogP contribution in [-0.2, 0) is 14.3 Å². The van der Waals surface area contributed by atoms with Gasteiger partial charge in [-0.05, 0) is 19.3 Å². The number of hydrogen-bond donors (Lipinski definition) is 2. The fraction of sp³-hybridized carbons (Fsp3) is 0.923. The maximum absolute atomic E-state index is 12.0. The summed E-state index contributed by atoms with van der Waals surface area (Å²) in [6, 6.07) is 0. The van der Waals surface area contributed by atoms with E-state index in [1.54, 1.807) is 7.11 Å². The van der Waals surface area contributed by atoms with Crippen molar-refractivity contribution in [3.05, 3.63) is 0 Å². The molecule has 1 amide bonds. The van der Waals surface area contributed by atoms with Gasteiger partial charge in [-0.15, -0.1) is 0 Å². The van der Waals surface area contributed by atoms with Crippen LogP contribution in [0.25, 0.3) is 0 Å². The summed E-state index contributed by atoms with van der Waals surface area (Å²) in [5.41, 5.74) is 5.49. The molecule has 0 aromatic carbocycles. The highest BCUT2D eigenvalue weighted by Gasteiger charge is 2.34. The second kappa shape index (κ2) is 8.45. The van der Waals surface area contributed by atoms with Crippen LogP contribution in [0.4, 0.5) is 0 Å². The first-order valence-electron chi connectivity index (χ1n) is 6.83. The SMILES string of the molecule is COCCOCCCNC(=O)C1(N)CCCCC1. The number of carbonyl (C=O) groups excluding carboxylic acids is 1. The van der Waals surface area contributed by atoms with Gasteiger partial charge in [0.1, 0.15) is 0 Å². The van der Waals surface area contributed by atoms with Crippen molar-refractivity contribution in [1.82, 2.24) is 5.32 Å². The Balaban J connectivity index is 2.05. The Hall–Kier alpha value is -0.650. The molecule has 0 spiro atoms. The molecule has 1 saturated carbocycles. The number of methoxy groups -OCH3 is 1. The number of nitrogens with one attached hydrogen (secondary N) is 1. The van der Waals surface area contributed by atoms with Gasteiger partial charge in [0.15, 0.2) is 0 Å². The Morgan fingerprint density at radius 1 is 1.22 bits per heavy atom. The molecule has 0 bridgehead atoms. The molecule has 18 heavy (non-hydrogen) atoms. The maximum Gasteiger partial charge on any atom is 0.240 e. The minimum absolute atomic E-state index is 0.000841. The van der Waals surface area contributed by atoms with E-state index in [1.807, 2.05) is 0 Å². The fourth-order valence-electron chi connectivity index (χ4n) is 2.21. The second-order valence-electron chi connectivity index (χ2n) is 4.93. The second-order valence-corrected chi connectivity index (χ2v) is 4.93. The van der Waals surface area contributed by atoms with Crippen LogP contribution in [0.2, 0.25) is 0 Å². The Bertz CT molecular complexity index is 240. The molecule has 1 rings (SSSR count). The van der Waals surface area contributed by atoms with Crippen LogP contribution in [0.1, 0.15) is 38.5 Å². The van der Waals surface area contributed by atoms with Gasteiger partial charge in [-0.25, -0.2) is 0 Å². The number of rotatable bonds is 8. The van der Waals surface area contributed by atoms with Crippen LogP contribution in [0.15, 0.2) is 0 Å². The summed E-state index contributed by atoms with van der Waals surface area (Å²) >= 11 is 0. The Morgan fingerprint density at radius 2 is 1.94 bits per heavy atom. The molecular formula is C13H26N2O3. The Kier molecular flexibility index (Phi) is 7.23. The van der Waals surface area contributed by atoms with Crippen molar-refractivity contribution in [2.75, 3.05) is 33.5 Å². The van der Waals surface area contributed by atoms with Crippen LogP contribution in [0, 0.1) is 0 Å². The van der Waals surface area contributed by atoms with E-state index in [0.29, 0.717) is 26.4 Å². The molecule has 1 aliphatic carbocycles. The van der Waals surface area contributed by atoms with E-state index in [0.717, 1.165) is 32.1 Å². The van der Waals surface area contributed by atoms with E-state index in [-0.39, 0.29) is 5.91 Å². The van der Waals surface area contributed by atoms with Gasteiger partial charge in [0.2, 0.25) is 5.91 Å². The molecule has 0 heterocycles. The zero-order valence-electron chi connectivity index (χ0n) is 11.4. The summed E-state index contributed by atoms with van der Waals surface area (Å²) < 4.78 is 10.2. The molecule has 3 N–H and O–H groups in total. The van der Waals surface area contributed by atoms with E-state index in [9.17, 15) is 4.79 Å². The smallest absolute Gasteiger partial charge is 0.240 e. The summed E-state index contributed by atoms with van der Waals surface area (Å²) in [5, 5.41) is 2.91. The minimum Gasteiger partial charge on any atom is -0.382 e. The lowest BCUT2D eigenvalue weighted by Crippen LogP contribution is -2.55. The number of hydrogen-bond acceptors (Lipinski definition) is 4. The molecule has 0 atom stereocenters. The van der Waals surface area contributed by atoms with Crippen LogP contribution >= 0.6 is 0 Å². The summed E-state index contributed by atoms with van der Waals surface area (Å²) in [6.07, 6.45) is 5.74. The zero-order chi connectivity index (χ0) is 13.3. The molecule has 0 aromatic rings. The van der Waals surface area contributed by atoms with Gasteiger partial charge in [0, 0.05) is 20.3 Å². The highest BCUT2D eigenvalue weighted by Crippen LogP contribution is 2.25. The number of nitrogens with two attached hydrogens (primary N) is 1. The van der Waals surface area contributed by atoms with E-state index >= 15 is 0 Å². The van der Waals surface area contributed by atoms with E-state index in [1.165, 1.54) is 6.42 Å². The predicted molar refractivity (Wildman–Crippen MR) is 70.3 cm³/mol. The molecule has 5 nitrogen and oxygen atoms in total. The van der Waals surface area contributed by atoms with Crippen LogP contribution in [0.5, 0.6) is 0 Å². The van der Waals surface area contributed by atoms with Crippen molar-refractivity contribution in [2.24, 2.45) is 5.73 Å². The minimum atomic E-state index is -0.630. The standard InChI is InChI=1S/C13H26N2O3/c1-17-10-11-18-9-5-8-15-12(16)13(14)6-3-2-4-7-13/h2-11,14H2,1H3,(H,15,16). The van der Waals surface area contributed by atoms with Crippen LogP contribution in [0.3, 0.4) is 0 Å². The lowest BCUT2D eigenvalue weighted by Gasteiger charge is -2.31. The summed E-state index contributed by atoms with van der Waals surface area (Å²) in [7, 11) is 1.65. The van der Waals surface area contributed by atoms with E-state index in [4.69, 9.17) is 15.2 Å². The van der Waals surface area contributed by atoms with Crippen molar-refractivity contribution in [1.29, 1.82) is 0 Å². The van der Waals surface area contributed by atoms with Gasteiger partial charge in [-0.1, -0.05) is 19.3 Å². The van der Waals surface area contributed by atoms with Crippen molar-refractivity contribution in [2.45, 2.75) is 44.1 Å². The normalized spacial score (nSPS) is 18.6. The first-order valence-corrected chi connectivity index (χ1v) is 6.83. The van der Waals surface area contributed by atoms with Gasteiger partial charge in [-0.3, -0.25) is 4.79 Å². The quantitative estimate of drug-likeness (QED) is 0.632. The monoisotopic (exact) mass is 258 g/mol. The zero-order valence-corrected chi connectivity index (χ0v) is 11.4. The summed E-state index contributed by atoms with van der Waals surface area (Å²) in [6.45, 7) is 2.48. The molecule has 5 heteroatoms. The molecule has 0 aliphatic heterocycles. The molecule has 1 aliphatic rings. The number of carbonyl (C=O) groups is 1. The van der Waals surface area contributed by atoms with Crippen molar-refractivity contribution < 1.29 is 14.3 Å². The lowest BCUT2D eigenvalue weighted by atomic mass is 9.82. The largest absolute Gasteiger partial charge is 0.382 e. The van der Waals surface area contributed by atoms with Crippen molar-refractivity contribution >= 4 is 5.91 Å². The van der Waals surface area contributed by atoms with Gasteiger partial charge in [-0.2, -0.15) is 0 Å². The van der Waals surface area contributed by atoms with E-state index in [2.05, 4.69) is 5.32 Å². The molecule has 0 radical (unpaired) electrons. The van der Waals surface area contributed by atoms with Crippen molar-refractivity contribution in [3.8, 4) is 0 Å². The lowest BCUT2D eigenvalue weighted by molar-refractivity contribution is -0.127. The first kappa shape index (κ1) is 15.4. The number of ether oxygens (including phenoxy) is 2. The molecule has 0 saturated heterocycles. The molecule has 1 fully saturated rings. The van der Waals surface area contributed by atoms with Gasteiger partial charge in [0.05, 0.1) is 18.8 Å². The average molecular weight is 258 g/mol. The summed E-state index contributed by atoms with van der Waals surface area (Å²) in [4.78, 5) is 12.0. The maximum atomic E-state index is 12.0. The predicted octanol–water partition coefficient (Wildman–Crippen LogP) is 0.817. The Labute approximate surface area is 109 Å². The van der Waals surface area contributed by atoms with Crippen molar-refractivity contribution in [3.63, 3.8) is 0 Å². The van der Waals surface area contributed by atoms with Gasteiger partial charge < -0.3 is 20.5 Å². The fourth-order valence-corrected chi connectivity index (χ4v) is 2.21. The molecule has 0 unspecified atom stereocenters. The van der Waals surface area contributed by atoms with Crippen LogP contribution < -0.4 is 11.1 Å². The molecule has 0 aromatic heterocycles. The third-order valence-electron chi connectivity index (χ3n) is 3.38. The molecule has 106 valence electrons. The van der Waals surface area contributed by atoms with Gasteiger partial charge in [0.25, 0.3) is 0 Å². The van der Waals surface area contributed by atoms with Crippen LogP contribution in [-0.4, -0.2) is 44.9 Å². The Morgan fingerprint density at radius 3 is 2.61 bits per heavy atom. The van der Waals surface area contributed by atoms with Gasteiger partial charge >= 0.3 is 0 Å². The number of amides is 1. The highest BCUT2D eigenvalue weighted by atomic mass is 16.5.